The van der Waals surface area contributed by atoms with E-state index in [1.807, 2.05) is 20.8 Å². The summed E-state index contributed by atoms with van der Waals surface area (Å²) in [5, 5.41) is 2.85. The van der Waals surface area contributed by atoms with E-state index in [0.717, 1.165) is 80.7 Å². The summed E-state index contributed by atoms with van der Waals surface area (Å²) < 4.78 is 59.9. The van der Waals surface area contributed by atoms with Crippen molar-refractivity contribution in [1.82, 2.24) is 20.0 Å². The van der Waals surface area contributed by atoms with E-state index in [-0.39, 0.29) is 23.3 Å². The van der Waals surface area contributed by atoms with Crippen LogP contribution in [0.4, 0.5) is 22.4 Å². The first-order valence-electron chi connectivity index (χ1n) is 18.5. The monoisotopic (exact) mass is 734 g/mol. The molecule has 10 heteroatoms. The summed E-state index contributed by atoms with van der Waals surface area (Å²) in [5.74, 6) is -1.09. The first kappa shape index (κ1) is 41.5. The highest BCUT2D eigenvalue weighted by molar-refractivity contribution is 5.67. The van der Waals surface area contributed by atoms with E-state index < -0.39 is 11.7 Å². The molecule has 4 aromatic rings. The number of rotatable bonds is 21. The van der Waals surface area contributed by atoms with Gasteiger partial charge in [0.05, 0.1) is 0 Å². The molecule has 0 radical (unpaired) electrons. The van der Waals surface area contributed by atoms with Gasteiger partial charge in [0.2, 0.25) is 0 Å². The van der Waals surface area contributed by atoms with Crippen molar-refractivity contribution >= 4 is 6.09 Å². The van der Waals surface area contributed by atoms with E-state index in [0.29, 0.717) is 32.7 Å². The number of carbonyl (C=O) groups excluding carboxylic acids is 1. The molecule has 0 aliphatic heterocycles. The molecule has 1 amide bonds. The lowest BCUT2D eigenvalue weighted by atomic mass is 10.1. The summed E-state index contributed by atoms with van der Waals surface area (Å²) in [6.45, 7) is 12.7. The largest absolute Gasteiger partial charge is 0.444 e. The molecule has 0 aromatic heterocycles. The first-order valence-corrected chi connectivity index (χ1v) is 18.5. The Morgan fingerprint density at radius 3 is 1.11 bits per heavy atom. The Morgan fingerprint density at radius 2 is 0.792 bits per heavy atom. The summed E-state index contributed by atoms with van der Waals surface area (Å²) in [7, 11) is 0. The van der Waals surface area contributed by atoms with Crippen molar-refractivity contribution in [3.63, 3.8) is 0 Å². The molecular weight excluding hydrogens is 680 g/mol. The minimum atomic E-state index is -0.552. The van der Waals surface area contributed by atoms with E-state index in [4.69, 9.17) is 4.74 Å². The van der Waals surface area contributed by atoms with Gasteiger partial charge in [-0.25, -0.2) is 22.4 Å². The molecule has 0 aliphatic carbocycles. The van der Waals surface area contributed by atoms with Gasteiger partial charge in [0.1, 0.15) is 28.9 Å². The third kappa shape index (κ3) is 17.0. The Bertz CT molecular complexity index is 1430. The Balaban J connectivity index is 1.38. The number of nitrogens with zero attached hydrogens (tertiary/aromatic N) is 3. The smallest absolute Gasteiger partial charge is 0.407 e. The molecule has 6 nitrogen and oxygen atoms in total. The molecule has 0 saturated heterocycles. The zero-order valence-electron chi connectivity index (χ0n) is 31.3. The van der Waals surface area contributed by atoms with Crippen molar-refractivity contribution < 1.29 is 27.1 Å². The molecule has 0 unspecified atom stereocenters. The van der Waals surface area contributed by atoms with Crippen LogP contribution in [0.2, 0.25) is 0 Å². The highest BCUT2D eigenvalue weighted by Crippen LogP contribution is 2.15. The van der Waals surface area contributed by atoms with Gasteiger partial charge in [-0.2, -0.15) is 0 Å². The number of ether oxygens (including phenoxy) is 1. The van der Waals surface area contributed by atoms with Crippen LogP contribution in [0, 0.1) is 23.3 Å². The van der Waals surface area contributed by atoms with Crippen LogP contribution in [0.3, 0.4) is 0 Å². The van der Waals surface area contributed by atoms with E-state index in [9.17, 15) is 22.4 Å². The summed E-state index contributed by atoms with van der Waals surface area (Å²) in [6, 6.07) is 26.2. The van der Waals surface area contributed by atoms with Gasteiger partial charge in [0.15, 0.2) is 0 Å². The van der Waals surface area contributed by atoms with Crippen molar-refractivity contribution in [3.8, 4) is 0 Å². The molecule has 4 aromatic carbocycles. The minimum absolute atomic E-state index is 0.273. The number of hydrogen-bond donors (Lipinski definition) is 1. The van der Waals surface area contributed by atoms with E-state index in [1.54, 1.807) is 48.5 Å². The van der Waals surface area contributed by atoms with Crippen molar-refractivity contribution in [1.29, 1.82) is 0 Å². The van der Waals surface area contributed by atoms with Crippen LogP contribution in [-0.2, 0) is 30.9 Å². The van der Waals surface area contributed by atoms with Gasteiger partial charge in [-0.15, -0.1) is 0 Å². The predicted octanol–water partition coefficient (Wildman–Crippen LogP) is 9.33. The average Bonchev–Trinajstić information content (AvgIpc) is 3.11. The second-order valence-electron chi connectivity index (χ2n) is 14.6. The highest BCUT2D eigenvalue weighted by atomic mass is 19.1. The number of nitrogens with one attached hydrogen (secondary N) is 1. The van der Waals surface area contributed by atoms with Crippen LogP contribution >= 0.6 is 0 Å². The number of halogens is 4. The second-order valence-corrected chi connectivity index (χ2v) is 14.6. The molecular formula is C43H54F4N4O2. The Hall–Kier alpha value is -4.25. The van der Waals surface area contributed by atoms with E-state index >= 15 is 0 Å². The lowest BCUT2D eigenvalue weighted by Crippen LogP contribution is -2.34. The molecule has 0 saturated carbocycles. The summed E-state index contributed by atoms with van der Waals surface area (Å²) in [5.41, 5.74) is 3.47. The number of amides is 1. The summed E-state index contributed by atoms with van der Waals surface area (Å²) in [6.07, 6.45) is 3.04. The standard InChI is InChI=1S/C43H54F4N4O2/c1-43(2,3)53-42(52)48-24-4-5-25-49(26-6-28-50(30-34-8-16-38(44)17-9-34)31-35-10-18-39(45)19-11-35)27-7-29-51(32-36-12-20-40(46)21-13-36)33-37-14-22-41(47)23-15-37/h8-23H,4-7,24-33H2,1-3H3,(H,48,52). The molecule has 53 heavy (non-hydrogen) atoms. The van der Waals surface area contributed by atoms with Crippen LogP contribution in [0.1, 0.15) is 68.7 Å². The van der Waals surface area contributed by atoms with Gasteiger partial charge < -0.3 is 15.0 Å². The maximum Gasteiger partial charge on any atom is 0.407 e. The van der Waals surface area contributed by atoms with Gasteiger partial charge in [0.25, 0.3) is 0 Å². The van der Waals surface area contributed by atoms with Crippen LogP contribution in [-0.4, -0.2) is 65.7 Å². The van der Waals surface area contributed by atoms with Crippen molar-refractivity contribution in [3.05, 3.63) is 143 Å². The van der Waals surface area contributed by atoms with Crippen LogP contribution in [0.25, 0.3) is 0 Å². The van der Waals surface area contributed by atoms with Crippen LogP contribution < -0.4 is 5.32 Å². The van der Waals surface area contributed by atoms with Crippen molar-refractivity contribution in [2.24, 2.45) is 0 Å². The molecule has 286 valence electrons. The van der Waals surface area contributed by atoms with Gasteiger partial charge in [-0.05, 0) is 137 Å². The van der Waals surface area contributed by atoms with Crippen molar-refractivity contribution in [2.75, 3.05) is 39.3 Å². The van der Waals surface area contributed by atoms with E-state index in [2.05, 4.69) is 20.0 Å². The maximum atomic E-state index is 13.6. The fourth-order valence-electron chi connectivity index (χ4n) is 6.16. The van der Waals surface area contributed by atoms with Crippen LogP contribution in [0.15, 0.2) is 97.1 Å². The molecule has 4 rings (SSSR count). The predicted molar refractivity (Wildman–Crippen MR) is 203 cm³/mol. The fraction of sp³-hybridized carbons (Fsp3) is 0.419. The lowest BCUT2D eigenvalue weighted by molar-refractivity contribution is 0.0526. The Labute approximate surface area is 312 Å². The Morgan fingerprint density at radius 1 is 0.491 bits per heavy atom. The van der Waals surface area contributed by atoms with Gasteiger partial charge >= 0.3 is 6.09 Å². The summed E-state index contributed by atoms with van der Waals surface area (Å²) >= 11 is 0. The zero-order chi connectivity index (χ0) is 38.1. The third-order valence-corrected chi connectivity index (χ3v) is 8.74. The number of benzene rings is 4. The number of carbonyl (C=O) groups is 1. The van der Waals surface area contributed by atoms with E-state index in [1.165, 1.54) is 48.5 Å². The SMILES string of the molecule is CC(C)(C)OC(=O)NCCCCN(CCCN(Cc1ccc(F)cc1)Cc1ccc(F)cc1)CCCN(Cc1ccc(F)cc1)Cc1ccc(F)cc1. The third-order valence-electron chi connectivity index (χ3n) is 8.74. The second kappa shape index (κ2) is 21.5. The van der Waals surface area contributed by atoms with Gasteiger partial charge in [0, 0.05) is 45.8 Å². The molecule has 0 aliphatic rings. The molecule has 0 fully saturated rings. The normalized spacial score (nSPS) is 11.8. The number of alkyl carbamates (subject to hydrolysis) is 1. The topological polar surface area (TPSA) is 48.1 Å². The number of unbranched alkanes of at least 4 members (excludes halogenated alkanes) is 1. The van der Waals surface area contributed by atoms with Gasteiger partial charge in [-0.1, -0.05) is 48.5 Å². The van der Waals surface area contributed by atoms with Crippen LogP contribution in [0.5, 0.6) is 0 Å². The average molecular weight is 735 g/mol. The molecule has 0 atom stereocenters. The minimum Gasteiger partial charge on any atom is -0.444 e. The maximum absolute atomic E-state index is 13.6. The number of hydrogen-bond acceptors (Lipinski definition) is 5. The quantitative estimate of drug-likeness (QED) is 0.0684. The summed E-state index contributed by atoms with van der Waals surface area (Å²) in [4.78, 5) is 19.2. The molecule has 0 bridgehead atoms. The van der Waals surface area contributed by atoms with Crippen molar-refractivity contribution in [2.45, 2.75) is 78.2 Å². The fourth-order valence-corrected chi connectivity index (χ4v) is 6.16. The first-order chi connectivity index (χ1) is 25.4. The Kier molecular flexibility index (Phi) is 16.8. The molecule has 1 N–H and O–H groups in total. The lowest BCUT2D eigenvalue weighted by Gasteiger charge is -2.28. The zero-order valence-corrected chi connectivity index (χ0v) is 31.3. The molecule has 0 spiro atoms. The molecule has 0 heterocycles. The highest BCUT2D eigenvalue weighted by Gasteiger charge is 2.16. The van der Waals surface area contributed by atoms with Gasteiger partial charge in [-0.3, -0.25) is 9.80 Å².